The summed E-state index contributed by atoms with van der Waals surface area (Å²) >= 11 is 0. The van der Waals surface area contributed by atoms with Gasteiger partial charge in [-0.1, -0.05) is 42.5 Å². The maximum absolute atomic E-state index is 13.7. The number of carbonyl (C=O) groups is 2. The number of hydrogen-bond acceptors (Lipinski definition) is 6. The van der Waals surface area contributed by atoms with E-state index in [4.69, 9.17) is 9.47 Å². The summed E-state index contributed by atoms with van der Waals surface area (Å²) < 4.78 is 39.0. The van der Waals surface area contributed by atoms with Crippen molar-refractivity contribution in [2.45, 2.75) is 25.2 Å². The van der Waals surface area contributed by atoms with Gasteiger partial charge in [0.25, 0.3) is 15.9 Å². The molecule has 0 radical (unpaired) electrons. The number of ether oxygens (including phenoxy) is 2. The number of aryl methyl sites for hydroxylation is 2. The first kappa shape index (κ1) is 31.1. The normalized spacial score (nSPS) is 11.0. The Balaban J connectivity index is 1.50. The lowest BCUT2D eigenvalue weighted by Gasteiger charge is -2.25. The van der Waals surface area contributed by atoms with Crippen LogP contribution in [0.25, 0.3) is 0 Å². The zero-order valence-electron chi connectivity index (χ0n) is 24.6. The van der Waals surface area contributed by atoms with E-state index in [-0.39, 0.29) is 22.1 Å². The monoisotopic (exact) mass is 601 g/mol. The van der Waals surface area contributed by atoms with Crippen LogP contribution in [-0.2, 0) is 21.2 Å². The number of nitrogens with zero attached hydrogens (tertiary/aromatic N) is 1. The average molecular weight is 602 g/mol. The van der Waals surface area contributed by atoms with Gasteiger partial charge in [0.1, 0.15) is 6.54 Å². The van der Waals surface area contributed by atoms with Crippen LogP contribution in [0.15, 0.2) is 95.9 Å². The topological polar surface area (TPSA) is 114 Å². The molecular weight excluding hydrogens is 566 g/mol. The summed E-state index contributed by atoms with van der Waals surface area (Å²) in [4.78, 5) is 26.5. The molecule has 4 aromatic rings. The number of methoxy groups -OCH3 is 2. The molecule has 0 aliphatic rings. The van der Waals surface area contributed by atoms with Gasteiger partial charge in [-0.25, -0.2) is 8.42 Å². The molecule has 9 nitrogen and oxygen atoms in total. The minimum atomic E-state index is -4.07. The number of nitrogens with one attached hydrogen (secondary N) is 2. The van der Waals surface area contributed by atoms with E-state index in [9.17, 15) is 18.0 Å². The lowest BCUT2D eigenvalue weighted by Crippen LogP contribution is -2.38. The molecule has 0 bridgehead atoms. The van der Waals surface area contributed by atoms with Crippen LogP contribution in [-0.4, -0.2) is 47.5 Å². The van der Waals surface area contributed by atoms with Gasteiger partial charge >= 0.3 is 0 Å². The van der Waals surface area contributed by atoms with Gasteiger partial charge in [-0.15, -0.1) is 0 Å². The molecule has 10 heteroatoms. The second-order valence-corrected chi connectivity index (χ2v) is 11.7. The van der Waals surface area contributed by atoms with Gasteiger partial charge in [0.05, 0.1) is 36.1 Å². The van der Waals surface area contributed by atoms with E-state index in [1.54, 1.807) is 74.9 Å². The van der Waals surface area contributed by atoms with E-state index >= 15 is 0 Å². The molecule has 0 aliphatic heterocycles. The molecule has 0 spiro atoms. The number of amides is 2. The summed E-state index contributed by atoms with van der Waals surface area (Å²) in [6, 6.07) is 25.3. The molecule has 0 heterocycles. The van der Waals surface area contributed by atoms with Crippen molar-refractivity contribution in [2.75, 3.05) is 36.9 Å². The fourth-order valence-corrected chi connectivity index (χ4v) is 5.91. The first-order chi connectivity index (χ1) is 20.6. The highest BCUT2D eigenvalue weighted by Gasteiger charge is 2.28. The first-order valence-corrected chi connectivity index (χ1v) is 15.1. The standard InChI is InChI=1S/C33H35N3O6S/c1-23-14-16-26(20-24(23)2)36(43(39,40)27-10-6-5-7-11-27)22-32(37)35-29-13-9-8-12-28(29)33(38)34-19-18-25-15-17-30(41-3)31(21-25)42-4/h5-17,20-21H,18-19,22H2,1-4H3,(H,34,38)(H,35,37). The smallest absolute Gasteiger partial charge is 0.264 e. The Kier molecular flexibility index (Phi) is 10.0. The van der Waals surface area contributed by atoms with Crippen LogP contribution in [0.2, 0.25) is 0 Å². The number of hydrogen-bond donors (Lipinski definition) is 2. The molecular formula is C33H35N3O6S. The summed E-state index contributed by atoms with van der Waals surface area (Å²) in [5.74, 6) is 0.249. The van der Waals surface area contributed by atoms with Crippen LogP contribution in [0.4, 0.5) is 11.4 Å². The van der Waals surface area contributed by atoms with Gasteiger partial charge in [0, 0.05) is 6.54 Å². The van der Waals surface area contributed by atoms with Crippen LogP contribution in [0, 0.1) is 13.8 Å². The Bertz CT molecular complexity index is 1710. The van der Waals surface area contributed by atoms with E-state index < -0.39 is 22.5 Å². The number of rotatable bonds is 12. The molecule has 0 fully saturated rings. The number of anilines is 2. The van der Waals surface area contributed by atoms with E-state index in [0.29, 0.717) is 30.2 Å². The summed E-state index contributed by atoms with van der Waals surface area (Å²) in [5.41, 5.74) is 3.73. The molecule has 2 amide bonds. The second kappa shape index (κ2) is 13.9. The Morgan fingerprint density at radius 1 is 0.791 bits per heavy atom. The highest BCUT2D eigenvalue weighted by atomic mass is 32.2. The summed E-state index contributed by atoms with van der Waals surface area (Å²) in [7, 11) is -0.940. The number of carbonyl (C=O) groups excluding carboxylic acids is 2. The molecule has 224 valence electrons. The van der Waals surface area contributed by atoms with E-state index in [1.165, 1.54) is 12.1 Å². The summed E-state index contributed by atoms with van der Waals surface area (Å²) in [6.07, 6.45) is 0.545. The molecule has 0 saturated heterocycles. The molecule has 2 N–H and O–H groups in total. The first-order valence-electron chi connectivity index (χ1n) is 13.7. The third-order valence-corrected chi connectivity index (χ3v) is 8.78. The van der Waals surface area contributed by atoms with Crippen molar-refractivity contribution in [2.24, 2.45) is 0 Å². The molecule has 0 saturated carbocycles. The largest absolute Gasteiger partial charge is 0.493 e. The maximum atomic E-state index is 13.7. The van der Waals surface area contributed by atoms with Gasteiger partial charge in [-0.2, -0.15) is 0 Å². The molecule has 43 heavy (non-hydrogen) atoms. The van der Waals surface area contributed by atoms with Crippen LogP contribution in [0.1, 0.15) is 27.0 Å². The van der Waals surface area contributed by atoms with E-state index in [2.05, 4.69) is 10.6 Å². The minimum Gasteiger partial charge on any atom is -0.493 e. The Morgan fingerprint density at radius 3 is 2.19 bits per heavy atom. The fourth-order valence-electron chi connectivity index (χ4n) is 4.48. The predicted octanol–water partition coefficient (Wildman–Crippen LogP) is 5.13. The van der Waals surface area contributed by atoms with Gasteiger partial charge in [0.15, 0.2) is 11.5 Å². The van der Waals surface area contributed by atoms with Crippen molar-refractivity contribution in [3.05, 3.63) is 113 Å². The highest BCUT2D eigenvalue weighted by Crippen LogP contribution is 2.28. The zero-order chi connectivity index (χ0) is 31.0. The molecule has 0 atom stereocenters. The zero-order valence-corrected chi connectivity index (χ0v) is 25.4. The van der Waals surface area contributed by atoms with Crippen molar-refractivity contribution < 1.29 is 27.5 Å². The number of para-hydroxylation sites is 1. The van der Waals surface area contributed by atoms with Gasteiger partial charge < -0.3 is 20.1 Å². The van der Waals surface area contributed by atoms with Crippen molar-refractivity contribution >= 4 is 33.2 Å². The average Bonchev–Trinajstić information content (AvgIpc) is 3.01. The van der Waals surface area contributed by atoms with Crippen molar-refractivity contribution in [1.29, 1.82) is 0 Å². The third-order valence-electron chi connectivity index (χ3n) is 6.99. The van der Waals surface area contributed by atoms with E-state index in [0.717, 1.165) is 21.0 Å². The Labute approximate surface area is 252 Å². The minimum absolute atomic E-state index is 0.0651. The predicted molar refractivity (Wildman–Crippen MR) is 168 cm³/mol. The van der Waals surface area contributed by atoms with Crippen molar-refractivity contribution in [1.82, 2.24) is 5.32 Å². The summed E-state index contributed by atoms with van der Waals surface area (Å²) in [6.45, 7) is 3.66. The van der Waals surface area contributed by atoms with Crippen molar-refractivity contribution in [3.8, 4) is 11.5 Å². The lowest BCUT2D eigenvalue weighted by atomic mass is 10.1. The quantitative estimate of drug-likeness (QED) is 0.233. The van der Waals surface area contributed by atoms with E-state index in [1.807, 2.05) is 32.0 Å². The van der Waals surface area contributed by atoms with Gasteiger partial charge in [-0.05, 0) is 85.5 Å². The molecule has 4 rings (SSSR count). The second-order valence-electron chi connectivity index (χ2n) is 9.88. The van der Waals surface area contributed by atoms with Crippen LogP contribution in [0.5, 0.6) is 11.5 Å². The highest BCUT2D eigenvalue weighted by molar-refractivity contribution is 7.92. The molecule has 0 aromatic heterocycles. The van der Waals surface area contributed by atoms with Gasteiger partial charge in [0.2, 0.25) is 5.91 Å². The number of benzene rings is 4. The maximum Gasteiger partial charge on any atom is 0.264 e. The molecule has 4 aromatic carbocycles. The van der Waals surface area contributed by atoms with Crippen LogP contribution in [0.3, 0.4) is 0 Å². The van der Waals surface area contributed by atoms with Crippen LogP contribution >= 0.6 is 0 Å². The Morgan fingerprint density at radius 2 is 1.49 bits per heavy atom. The Hall–Kier alpha value is -4.83. The van der Waals surface area contributed by atoms with Crippen molar-refractivity contribution in [3.63, 3.8) is 0 Å². The lowest BCUT2D eigenvalue weighted by molar-refractivity contribution is -0.114. The molecule has 0 aliphatic carbocycles. The third kappa shape index (κ3) is 7.52. The van der Waals surface area contributed by atoms with Gasteiger partial charge in [-0.3, -0.25) is 13.9 Å². The number of sulfonamides is 1. The van der Waals surface area contributed by atoms with Crippen LogP contribution < -0.4 is 24.4 Å². The summed E-state index contributed by atoms with van der Waals surface area (Å²) in [5, 5.41) is 5.62. The molecule has 0 unspecified atom stereocenters. The fraction of sp³-hybridized carbons (Fsp3) is 0.212. The SMILES string of the molecule is COc1ccc(CCNC(=O)c2ccccc2NC(=O)CN(c2ccc(C)c(C)c2)S(=O)(=O)c2ccccc2)cc1OC.